The second-order valence-electron chi connectivity index (χ2n) is 9.08. The Labute approximate surface area is 243 Å². The lowest BCUT2D eigenvalue weighted by Gasteiger charge is -2.23. The molecule has 0 spiro atoms. The molecule has 2 amide bonds. The lowest BCUT2D eigenvalue weighted by Crippen LogP contribution is -2.34. The number of methoxy groups -OCH3 is 2. The fourth-order valence-electron chi connectivity index (χ4n) is 4.16. The van der Waals surface area contributed by atoms with Crippen molar-refractivity contribution in [2.24, 2.45) is 0 Å². The summed E-state index contributed by atoms with van der Waals surface area (Å²) < 4.78 is 36.8. The van der Waals surface area contributed by atoms with E-state index in [-0.39, 0.29) is 18.9 Å². The Kier molecular flexibility index (Phi) is 11.4. The highest BCUT2D eigenvalue weighted by Gasteiger charge is 2.22. The fourth-order valence-corrected chi connectivity index (χ4v) is 6.26. The van der Waals surface area contributed by atoms with Gasteiger partial charge in [0.2, 0.25) is 15.9 Å². The van der Waals surface area contributed by atoms with Gasteiger partial charge in [-0.05, 0) is 49.1 Å². The molecular formula is C28H33ClN2O7S2. The zero-order valence-electron chi connectivity index (χ0n) is 22.6. The van der Waals surface area contributed by atoms with Gasteiger partial charge in [-0.15, -0.1) is 11.3 Å². The van der Waals surface area contributed by atoms with E-state index in [9.17, 15) is 18.0 Å². The number of benzene rings is 2. The van der Waals surface area contributed by atoms with E-state index in [4.69, 9.17) is 26.2 Å². The number of halogens is 1. The Morgan fingerprint density at radius 1 is 1.07 bits per heavy atom. The van der Waals surface area contributed by atoms with Crippen molar-refractivity contribution >= 4 is 44.8 Å². The van der Waals surface area contributed by atoms with Crippen molar-refractivity contribution in [1.29, 1.82) is 0 Å². The Hall–Kier alpha value is -3.12. The van der Waals surface area contributed by atoms with Crippen LogP contribution in [0.1, 0.15) is 38.3 Å². The van der Waals surface area contributed by atoms with Crippen LogP contribution >= 0.6 is 22.9 Å². The summed E-state index contributed by atoms with van der Waals surface area (Å²) in [6, 6.07) is 15.1. The number of aryl methyl sites for hydroxylation is 1. The molecule has 0 saturated carbocycles. The first-order valence-corrected chi connectivity index (χ1v) is 15.4. The van der Waals surface area contributed by atoms with Crippen molar-refractivity contribution in [2.75, 3.05) is 33.1 Å². The summed E-state index contributed by atoms with van der Waals surface area (Å²) in [5, 5.41) is 8.87. The summed E-state index contributed by atoms with van der Waals surface area (Å²) in [4.78, 5) is 28.5. The number of sulfonamides is 1. The lowest BCUT2D eigenvalue weighted by atomic mass is 10.1. The van der Waals surface area contributed by atoms with Gasteiger partial charge in [-0.2, -0.15) is 0 Å². The Morgan fingerprint density at radius 3 is 2.33 bits per heavy atom. The third-order valence-corrected chi connectivity index (χ3v) is 8.84. The number of carbonyl (C=O) groups excluding carboxylic acids is 2. The van der Waals surface area contributed by atoms with Crippen LogP contribution < -0.4 is 14.2 Å². The molecule has 1 aromatic heterocycles. The van der Waals surface area contributed by atoms with Gasteiger partial charge in [-0.1, -0.05) is 41.9 Å². The van der Waals surface area contributed by atoms with E-state index in [1.165, 1.54) is 25.6 Å². The number of nitrogens with one attached hydrogen (secondary N) is 1. The van der Waals surface area contributed by atoms with Crippen LogP contribution in [-0.2, 0) is 34.2 Å². The molecule has 0 unspecified atom stereocenters. The molecule has 12 heteroatoms. The van der Waals surface area contributed by atoms with E-state index >= 15 is 0 Å². The third kappa shape index (κ3) is 8.69. The van der Waals surface area contributed by atoms with Gasteiger partial charge in [-0.3, -0.25) is 14.3 Å². The van der Waals surface area contributed by atoms with Crippen molar-refractivity contribution in [3.05, 3.63) is 80.0 Å². The summed E-state index contributed by atoms with van der Waals surface area (Å²) in [6.45, 7) is 1.95. The van der Waals surface area contributed by atoms with Crippen molar-refractivity contribution in [3.8, 4) is 11.5 Å². The minimum Gasteiger partial charge on any atom is -0.496 e. The van der Waals surface area contributed by atoms with Gasteiger partial charge in [-0.25, -0.2) is 8.42 Å². The second kappa shape index (κ2) is 14.5. The first-order valence-electron chi connectivity index (χ1n) is 12.5. The van der Waals surface area contributed by atoms with E-state index < -0.39 is 28.3 Å². The molecule has 0 aliphatic heterocycles. The monoisotopic (exact) mass is 608 g/mol. The summed E-state index contributed by atoms with van der Waals surface area (Å²) in [5.74, 6) is -0.472. The molecule has 2 aromatic carbocycles. The maximum atomic E-state index is 13.8. The van der Waals surface area contributed by atoms with Crippen LogP contribution in [-0.4, -0.2) is 63.4 Å². The van der Waals surface area contributed by atoms with Crippen LogP contribution in [0.25, 0.3) is 0 Å². The van der Waals surface area contributed by atoms with Crippen LogP contribution in [0.5, 0.6) is 11.5 Å². The van der Waals surface area contributed by atoms with Crippen molar-refractivity contribution in [1.82, 2.24) is 9.62 Å². The molecule has 2 N–H and O–H groups in total. The largest absolute Gasteiger partial charge is 0.496 e. The number of hydrogen-bond donors (Lipinski definition) is 2. The quantitative estimate of drug-likeness (QED) is 0.284. The molecule has 3 rings (SSSR count). The van der Waals surface area contributed by atoms with Gasteiger partial charge in [0.25, 0.3) is 5.91 Å². The molecule has 3 aromatic rings. The van der Waals surface area contributed by atoms with Gasteiger partial charge in [0.1, 0.15) is 11.5 Å². The highest BCUT2D eigenvalue weighted by molar-refractivity contribution is 7.90. The van der Waals surface area contributed by atoms with Gasteiger partial charge in [0.15, 0.2) is 0 Å². The molecular weight excluding hydrogens is 576 g/mol. The number of thiophene rings is 1. The number of aliphatic hydroxyl groups is 1. The van der Waals surface area contributed by atoms with Gasteiger partial charge >= 0.3 is 0 Å². The smallest absolute Gasteiger partial charge is 0.254 e. The average Bonchev–Trinajstić information content (AvgIpc) is 3.25. The van der Waals surface area contributed by atoms with Crippen LogP contribution in [0.3, 0.4) is 0 Å². The van der Waals surface area contributed by atoms with Crippen LogP contribution in [0.15, 0.2) is 48.5 Å². The molecule has 216 valence electrons. The average molecular weight is 609 g/mol. The van der Waals surface area contributed by atoms with E-state index in [1.807, 2.05) is 42.0 Å². The molecule has 40 heavy (non-hydrogen) atoms. The summed E-state index contributed by atoms with van der Waals surface area (Å²) in [5.41, 5.74) is 2.81. The van der Waals surface area contributed by atoms with Gasteiger partial charge in [0.05, 0.1) is 43.9 Å². The number of ether oxygens (including phenoxy) is 2. The minimum absolute atomic E-state index is 0.219. The third-order valence-electron chi connectivity index (χ3n) is 6.16. The molecule has 0 atom stereocenters. The molecule has 0 fully saturated rings. The first-order chi connectivity index (χ1) is 19.1. The standard InChI is InChI=1S/C28H33ClN2O7S2/c1-19-24(37-2)15-22(16-25(19)38-3)28(34)31(11-7-10-20-8-5-4-6-9-20)18-23-14-21(27(29)39-23)17-26(33)30-40(35,36)13-12-32/h4-6,8-9,14-16,32H,7,10-13,17-18H2,1-3H3,(H,30,33). The Balaban J connectivity index is 1.82. The number of hydrogen-bond acceptors (Lipinski definition) is 8. The molecule has 0 radical (unpaired) electrons. The van der Waals surface area contributed by atoms with Crippen LogP contribution in [0.4, 0.5) is 0 Å². The van der Waals surface area contributed by atoms with Crippen molar-refractivity contribution in [2.45, 2.75) is 32.7 Å². The van der Waals surface area contributed by atoms with Crippen LogP contribution in [0.2, 0.25) is 4.34 Å². The SMILES string of the molecule is COc1cc(C(=O)N(CCCc2ccccc2)Cc2cc(CC(=O)NS(=O)(=O)CCO)c(Cl)s2)cc(OC)c1C. The molecule has 1 heterocycles. The predicted molar refractivity (Wildman–Crippen MR) is 156 cm³/mol. The predicted octanol–water partition coefficient (Wildman–Crippen LogP) is 3.98. The number of aliphatic hydroxyl groups excluding tert-OH is 1. The van der Waals surface area contributed by atoms with E-state index in [1.54, 1.807) is 23.1 Å². The van der Waals surface area contributed by atoms with Crippen molar-refractivity contribution in [3.63, 3.8) is 0 Å². The molecule has 9 nitrogen and oxygen atoms in total. The first kappa shape index (κ1) is 31.4. The maximum absolute atomic E-state index is 13.8. The zero-order chi connectivity index (χ0) is 29.3. The summed E-state index contributed by atoms with van der Waals surface area (Å²) >= 11 is 7.62. The Bertz CT molecular complexity index is 1400. The number of amides is 2. The number of nitrogens with zero attached hydrogens (tertiary/aromatic N) is 1. The zero-order valence-corrected chi connectivity index (χ0v) is 25.0. The highest BCUT2D eigenvalue weighted by Crippen LogP contribution is 2.32. The molecule has 0 bridgehead atoms. The normalized spacial score (nSPS) is 11.2. The topological polar surface area (TPSA) is 122 Å². The highest BCUT2D eigenvalue weighted by atomic mass is 35.5. The van der Waals surface area contributed by atoms with E-state index in [0.29, 0.717) is 39.9 Å². The molecule has 0 aliphatic rings. The van der Waals surface area contributed by atoms with Crippen LogP contribution in [0, 0.1) is 6.92 Å². The lowest BCUT2D eigenvalue weighted by molar-refractivity contribution is -0.118. The Morgan fingerprint density at radius 2 is 1.73 bits per heavy atom. The number of rotatable bonds is 14. The molecule has 0 aliphatic carbocycles. The second-order valence-corrected chi connectivity index (χ2v) is 12.7. The fraction of sp³-hybridized carbons (Fsp3) is 0.357. The minimum atomic E-state index is -3.93. The summed E-state index contributed by atoms with van der Waals surface area (Å²) in [7, 11) is -0.857. The van der Waals surface area contributed by atoms with E-state index in [0.717, 1.165) is 22.4 Å². The van der Waals surface area contributed by atoms with Gasteiger partial charge < -0.3 is 19.5 Å². The van der Waals surface area contributed by atoms with Crippen molar-refractivity contribution < 1.29 is 32.6 Å². The maximum Gasteiger partial charge on any atom is 0.254 e. The van der Waals surface area contributed by atoms with Gasteiger partial charge in [0, 0.05) is 22.5 Å². The van der Waals surface area contributed by atoms with E-state index in [2.05, 4.69) is 0 Å². The summed E-state index contributed by atoms with van der Waals surface area (Å²) in [6.07, 6.45) is 1.24. The molecule has 0 saturated heterocycles. The number of carbonyl (C=O) groups is 2.